The number of hydrogen-bond donors (Lipinski definition) is 1. The predicted octanol–water partition coefficient (Wildman–Crippen LogP) is 5.50. The van der Waals surface area contributed by atoms with Gasteiger partial charge in [0.1, 0.15) is 0 Å². The number of nitrogens with zero attached hydrogens (tertiary/aromatic N) is 1. The molecular weight excluding hydrogens is 356 g/mol. The molecule has 0 unspecified atom stereocenters. The number of rotatable bonds is 5. The Morgan fingerprint density at radius 3 is 2.17 bits per heavy atom. The van der Waals surface area contributed by atoms with Crippen LogP contribution in [0.1, 0.15) is 52.4 Å². The van der Waals surface area contributed by atoms with E-state index in [9.17, 15) is 4.79 Å². The van der Waals surface area contributed by atoms with Crippen molar-refractivity contribution >= 4 is 11.6 Å². The highest BCUT2D eigenvalue weighted by Crippen LogP contribution is 2.26. The quantitative estimate of drug-likeness (QED) is 0.629. The summed E-state index contributed by atoms with van der Waals surface area (Å²) in [6, 6.07) is 26.3. The molecular formula is C26H28N2O. The summed E-state index contributed by atoms with van der Waals surface area (Å²) < 4.78 is 0. The van der Waals surface area contributed by atoms with Crippen molar-refractivity contribution in [2.75, 3.05) is 18.0 Å². The van der Waals surface area contributed by atoms with Gasteiger partial charge in [0.2, 0.25) is 0 Å². The van der Waals surface area contributed by atoms with Crippen LogP contribution in [0.3, 0.4) is 0 Å². The van der Waals surface area contributed by atoms with Crippen molar-refractivity contribution in [2.45, 2.75) is 32.2 Å². The van der Waals surface area contributed by atoms with E-state index in [1.165, 1.54) is 30.5 Å². The molecule has 1 aliphatic heterocycles. The molecule has 1 N–H and O–H groups in total. The summed E-state index contributed by atoms with van der Waals surface area (Å²) in [5.74, 6) is -0.0488. The number of anilines is 1. The maximum absolute atomic E-state index is 13.1. The summed E-state index contributed by atoms with van der Waals surface area (Å²) in [6.45, 7) is 4.30. The number of carbonyl (C=O) groups excluding carboxylic acids is 1. The molecule has 1 atom stereocenters. The van der Waals surface area contributed by atoms with Crippen molar-refractivity contribution < 1.29 is 4.79 Å². The van der Waals surface area contributed by atoms with Crippen LogP contribution in [-0.4, -0.2) is 19.0 Å². The molecule has 0 aliphatic carbocycles. The van der Waals surface area contributed by atoms with Gasteiger partial charge in [-0.25, -0.2) is 0 Å². The minimum Gasteiger partial charge on any atom is -0.372 e. The molecule has 1 aliphatic rings. The number of aryl methyl sites for hydroxylation is 1. The Hall–Kier alpha value is -3.07. The van der Waals surface area contributed by atoms with Gasteiger partial charge in [-0.05, 0) is 67.1 Å². The minimum absolute atomic E-state index is 0.0488. The molecule has 3 aromatic carbocycles. The monoisotopic (exact) mass is 384 g/mol. The third-order valence-electron chi connectivity index (χ3n) is 5.76. The first-order valence-corrected chi connectivity index (χ1v) is 10.5. The molecule has 0 aromatic heterocycles. The first-order chi connectivity index (χ1) is 14.2. The maximum atomic E-state index is 13.1. The van der Waals surface area contributed by atoms with Gasteiger partial charge in [0.15, 0.2) is 0 Å². The highest BCUT2D eigenvalue weighted by Gasteiger charge is 2.19. The highest BCUT2D eigenvalue weighted by atomic mass is 16.1. The van der Waals surface area contributed by atoms with E-state index >= 15 is 0 Å². The summed E-state index contributed by atoms with van der Waals surface area (Å²) in [6.07, 6.45) is 3.81. The first-order valence-electron chi connectivity index (χ1n) is 10.5. The second kappa shape index (κ2) is 8.95. The van der Waals surface area contributed by atoms with Gasteiger partial charge in [-0.3, -0.25) is 4.79 Å². The van der Waals surface area contributed by atoms with Gasteiger partial charge < -0.3 is 10.2 Å². The van der Waals surface area contributed by atoms with Crippen molar-refractivity contribution in [2.24, 2.45) is 0 Å². The maximum Gasteiger partial charge on any atom is 0.252 e. The molecule has 3 heteroatoms. The average Bonchev–Trinajstić information content (AvgIpc) is 2.79. The van der Waals surface area contributed by atoms with Gasteiger partial charge >= 0.3 is 0 Å². The fraction of sp³-hybridized carbons (Fsp3) is 0.269. The van der Waals surface area contributed by atoms with Gasteiger partial charge in [-0.2, -0.15) is 0 Å². The Kier molecular flexibility index (Phi) is 5.95. The summed E-state index contributed by atoms with van der Waals surface area (Å²) in [5, 5.41) is 3.25. The summed E-state index contributed by atoms with van der Waals surface area (Å²) in [7, 11) is 0. The number of carbonyl (C=O) groups is 1. The zero-order chi connectivity index (χ0) is 20.1. The molecule has 0 bridgehead atoms. The van der Waals surface area contributed by atoms with E-state index in [-0.39, 0.29) is 11.9 Å². The van der Waals surface area contributed by atoms with Gasteiger partial charge in [0.05, 0.1) is 6.04 Å². The van der Waals surface area contributed by atoms with E-state index in [0.29, 0.717) is 5.56 Å². The zero-order valence-corrected chi connectivity index (χ0v) is 17.0. The fourth-order valence-corrected chi connectivity index (χ4v) is 4.09. The van der Waals surface area contributed by atoms with Gasteiger partial charge in [-0.15, -0.1) is 0 Å². The second-order valence-corrected chi connectivity index (χ2v) is 7.77. The van der Waals surface area contributed by atoms with Crippen LogP contribution >= 0.6 is 0 Å². The van der Waals surface area contributed by atoms with Crippen LogP contribution < -0.4 is 10.2 Å². The molecule has 1 amide bonds. The predicted molar refractivity (Wildman–Crippen MR) is 119 cm³/mol. The Labute approximate surface area is 173 Å². The second-order valence-electron chi connectivity index (χ2n) is 7.77. The molecule has 3 nitrogen and oxygen atoms in total. The third-order valence-corrected chi connectivity index (χ3v) is 5.76. The molecule has 4 rings (SSSR count). The number of benzene rings is 3. The zero-order valence-electron chi connectivity index (χ0n) is 17.0. The van der Waals surface area contributed by atoms with Crippen molar-refractivity contribution in [3.63, 3.8) is 0 Å². The minimum atomic E-state index is -0.174. The lowest BCUT2D eigenvalue weighted by molar-refractivity contribution is 0.0943. The number of hydrogen-bond acceptors (Lipinski definition) is 2. The third kappa shape index (κ3) is 4.51. The average molecular weight is 385 g/mol. The first kappa shape index (κ1) is 19.3. The summed E-state index contributed by atoms with van der Waals surface area (Å²) in [4.78, 5) is 15.5. The van der Waals surface area contributed by atoms with Crippen LogP contribution in [0.15, 0.2) is 78.9 Å². The lowest BCUT2D eigenvalue weighted by atomic mass is 9.94. The molecule has 1 heterocycles. The van der Waals surface area contributed by atoms with Crippen LogP contribution in [0.5, 0.6) is 0 Å². The van der Waals surface area contributed by atoms with E-state index < -0.39 is 0 Å². The van der Waals surface area contributed by atoms with Crippen LogP contribution in [-0.2, 0) is 0 Å². The molecule has 0 saturated carbocycles. The number of nitrogens with one attached hydrogen (secondary N) is 1. The van der Waals surface area contributed by atoms with E-state index in [4.69, 9.17) is 0 Å². The SMILES string of the molecule is Cc1ccccc1[C@H](NC(=O)c1ccc(N2CCCCC2)cc1)c1ccccc1. The lowest BCUT2D eigenvalue weighted by Gasteiger charge is -2.29. The topological polar surface area (TPSA) is 32.3 Å². The number of amides is 1. The molecule has 1 saturated heterocycles. The van der Waals surface area contributed by atoms with E-state index in [2.05, 4.69) is 53.5 Å². The Balaban J connectivity index is 1.56. The Morgan fingerprint density at radius 2 is 1.48 bits per heavy atom. The van der Waals surface area contributed by atoms with Crippen molar-refractivity contribution in [3.05, 3.63) is 101 Å². The van der Waals surface area contributed by atoms with Crippen molar-refractivity contribution in [1.82, 2.24) is 5.32 Å². The molecule has 29 heavy (non-hydrogen) atoms. The Morgan fingerprint density at radius 1 is 0.828 bits per heavy atom. The van der Waals surface area contributed by atoms with Gasteiger partial charge in [0.25, 0.3) is 5.91 Å². The van der Waals surface area contributed by atoms with E-state index in [1.54, 1.807) is 0 Å². The fourth-order valence-electron chi connectivity index (χ4n) is 4.09. The molecule has 148 valence electrons. The largest absolute Gasteiger partial charge is 0.372 e. The molecule has 3 aromatic rings. The molecule has 0 spiro atoms. The van der Waals surface area contributed by atoms with Gasteiger partial charge in [-0.1, -0.05) is 54.6 Å². The van der Waals surface area contributed by atoms with E-state index in [0.717, 1.165) is 24.2 Å². The summed E-state index contributed by atoms with van der Waals surface area (Å²) in [5.41, 5.74) is 5.28. The smallest absolute Gasteiger partial charge is 0.252 e. The van der Waals surface area contributed by atoms with Crippen LogP contribution in [0.2, 0.25) is 0 Å². The van der Waals surface area contributed by atoms with Crippen LogP contribution in [0.25, 0.3) is 0 Å². The lowest BCUT2D eigenvalue weighted by Crippen LogP contribution is -2.30. The molecule has 0 radical (unpaired) electrons. The number of piperidine rings is 1. The van der Waals surface area contributed by atoms with Crippen LogP contribution in [0, 0.1) is 6.92 Å². The molecule has 1 fully saturated rings. The van der Waals surface area contributed by atoms with E-state index in [1.807, 2.05) is 42.5 Å². The van der Waals surface area contributed by atoms with Crippen molar-refractivity contribution in [1.29, 1.82) is 0 Å². The van der Waals surface area contributed by atoms with Gasteiger partial charge in [0, 0.05) is 24.3 Å². The highest BCUT2D eigenvalue weighted by molar-refractivity contribution is 5.95. The van der Waals surface area contributed by atoms with Crippen molar-refractivity contribution in [3.8, 4) is 0 Å². The normalized spacial score (nSPS) is 15.0. The standard InChI is InChI=1S/C26H28N2O/c1-20-10-6-7-13-24(20)25(21-11-4-2-5-12-21)27-26(29)22-14-16-23(17-15-22)28-18-8-3-9-19-28/h2,4-7,10-17,25H,3,8-9,18-19H2,1H3,(H,27,29)/t25-/m1/s1. The van der Waals surface area contributed by atoms with Crippen LogP contribution in [0.4, 0.5) is 5.69 Å². The Bertz CT molecular complexity index is 944. The summed E-state index contributed by atoms with van der Waals surface area (Å²) >= 11 is 0.